The Kier molecular flexibility index (Phi) is 6.39. The Bertz CT molecular complexity index is 436. The molecular formula is C15H19NO3. The van der Waals surface area contributed by atoms with Crippen molar-refractivity contribution in [3.8, 4) is 0 Å². The lowest BCUT2D eigenvalue weighted by molar-refractivity contribution is -0.139. The number of hydrogen-bond donors (Lipinski definition) is 1. The first kappa shape index (κ1) is 15.0. The summed E-state index contributed by atoms with van der Waals surface area (Å²) in [5, 5.41) is 0. The minimum atomic E-state index is -0.337. The van der Waals surface area contributed by atoms with Crippen molar-refractivity contribution in [2.24, 2.45) is 5.73 Å². The van der Waals surface area contributed by atoms with E-state index in [1.54, 1.807) is 6.92 Å². The molecule has 102 valence electrons. The molecule has 2 N–H and O–H groups in total. The van der Waals surface area contributed by atoms with Crippen LogP contribution in [-0.4, -0.2) is 25.3 Å². The van der Waals surface area contributed by atoms with E-state index in [-0.39, 0.29) is 12.1 Å². The van der Waals surface area contributed by atoms with E-state index in [1.807, 2.05) is 36.4 Å². The summed E-state index contributed by atoms with van der Waals surface area (Å²) in [6, 6.07) is 9.95. The zero-order chi connectivity index (χ0) is 14.1. The molecule has 1 aliphatic rings. The van der Waals surface area contributed by atoms with E-state index in [0.717, 1.165) is 5.56 Å². The highest BCUT2D eigenvalue weighted by molar-refractivity contribution is 5.86. The number of carbonyl (C=O) groups excluding carboxylic acids is 1. The van der Waals surface area contributed by atoms with Crippen molar-refractivity contribution >= 4 is 12.0 Å². The van der Waals surface area contributed by atoms with E-state index in [0.29, 0.717) is 18.8 Å². The van der Waals surface area contributed by atoms with Crippen molar-refractivity contribution in [1.29, 1.82) is 0 Å². The Labute approximate surface area is 113 Å². The number of carbonyl (C=O) groups is 1. The second kappa shape index (κ2) is 8.11. The zero-order valence-corrected chi connectivity index (χ0v) is 11.0. The molecule has 1 atom stereocenters. The van der Waals surface area contributed by atoms with Crippen LogP contribution in [0.25, 0.3) is 6.08 Å². The number of benzene rings is 1. The molecule has 0 aromatic heterocycles. The van der Waals surface area contributed by atoms with Crippen molar-refractivity contribution in [3.63, 3.8) is 0 Å². The van der Waals surface area contributed by atoms with Gasteiger partial charge in [0.05, 0.1) is 6.61 Å². The van der Waals surface area contributed by atoms with E-state index in [2.05, 4.69) is 6.58 Å². The zero-order valence-electron chi connectivity index (χ0n) is 11.0. The van der Waals surface area contributed by atoms with Gasteiger partial charge in [0.25, 0.3) is 0 Å². The lowest BCUT2D eigenvalue weighted by Gasteiger charge is -1.99. The van der Waals surface area contributed by atoms with Gasteiger partial charge < -0.3 is 15.2 Å². The van der Waals surface area contributed by atoms with Gasteiger partial charge in [-0.25, -0.2) is 4.79 Å². The number of nitrogens with two attached hydrogens (primary N) is 1. The maximum absolute atomic E-state index is 10.7. The van der Waals surface area contributed by atoms with Gasteiger partial charge in [-0.1, -0.05) is 36.9 Å². The van der Waals surface area contributed by atoms with Crippen LogP contribution in [0.5, 0.6) is 0 Å². The predicted octanol–water partition coefficient (Wildman–Crippen LogP) is 2.12. The molecule has 2 rings (SSSR count). The molecule has 0 radical (unpaired) electrons. The molecule has 1 fully saturated rings. The van der Waals surface area contributed by atoms with Crippen LogP contribution in [0.15, 0.2) is 48.7 Å². The molecule has 4 heteroatoms. The predicted molar refractivity (Wildman–Crippen MR) is 75.2 cm³/mol. The molecule has 1 aromatic rings. The standard InChI is InChI=1S/C8H9N.C7H10O3/c9-7-6-8-4-2-1-3-5-8;1-5(2)7(8)10-4-6-3-9-6/h1-7H,9H2;6H,1,3-4H2,2H3. The van der Waals surface area contributed by atoms with Crippen LogP contribution in [0, 0.1) is 0 Å². The highest BCUT2D eigenvalue weighted by atomic mass is 16.6. The van der Waals surface area contributed by atoms with Crippen LogP contribution in [0.1, 0.15) is 12.5 Å². The molecule has 1 heterocycles. The van der Waals surface area contributed by atoms with E-state index in [1.165, 1.54) is 6.20 Å². The fourth-order valence-corrected chi connectivity index (χ4v) is 1.13. The van der Waals surface area contributed by atoms with Crippen LogP contribution in [0.3, 0.4) is 0 Å². The number of epoxide rings is 1. The van der Waals surface area contributed by atoms with Gasteiger partial charge in [0.1, 0.15) is 12.7 Å². The summed E-state index contributed by atoms with van der Waals surface area (Å²) < 4.78 is 9.60. The summed E-state index contributed by atoms with van der Waals surface area (Å²) in [6.07, 6.45) is 3.54. The molecule has 19 heavy (non-hydrogen) atoms. The molecule has 0 saturated carbocycles. The van der Waals surface area contributed by atoms with Crippen molar-refractivity contribution < 1.29 is 14.3 Å². The normalized spacial score (nSPS) is 16.4. The van der Waals surface area contributed by atoms with Crippen molar-refractivity contribution in [2.75, 3.05) is 13.2 Å². The van der Waals surface area contributed by atoms with E-state index in [9.17, 15) is 4.79 Å². The third-order valence-electron chi connectivity index (χ3n) is 2.24. The van der Waals surface area contributed by atoms with Gasteiger partial charge in [0, 0.05) is 5.57 Å². The summed E-state index contributed by atoms with van der Waals surface area (Å²) in [5.74, 6) is -0.337. The maximum atomic E-state index is 10.7. The van der Waals surface area contributed by atoms with Gasteiger partial charge in [0.15, 0.2) is 0 Å². The first-order valence-corrected chi connectivity index (χ1v) is 6.01. The average Bonchev–Trinajstić information content (AvgIpc) is 3.22. The Hall–Kier alpha value is -2.07. The first-order chi connectivity index (χ1) is 9.13. The minimum absolute atomic E-state index is 0.142. The number of esters is 1. The van der Waals surface area contributed by atoms with Crippen molar-refractivity contribution in [2.45, 2.75) is 13.0 Å². The molecule has 0 amide bonds. The third-order valence-corrected chi connectivity index (χ3v) is 2.24. The number of ether oxygens (including phenoxy) is 2. The fraction of sp³-hybridized carbons (Fsp3) is 0.267. The van der Waals surface area contributed by atoms with Crippen LogP contribution < -0.4 is 5.73 Å². The second-order valence-corrected chi connectivity index (χ2v) is 4.10. The summed E-state index contributed by atoms with van der Waals surface area (Å²) in [4.78, 5) is 10.7. The molecule has 0 aliphatic carbocycles. The molecule has 0 bridgehead atoms. The quantitative estimate of drug-likeness (QED) is 0.512. The molecule has 1 aromatic carbocycles. The molecule has 1 saturated heterocycles. The molecule has 1 aliphatic heterocycles. The van der Waals surface area contributed by atoms with E-state index in [4.69, 9.17) is 15.2 Å². The highest BCUT2D eigenvalue weighted by Crippen LogP contribution is 2.09. The van der Waals surface area contributed by atoms with Gasteiger partial charge in [-0.3, -0.25) is 0 Å². The van der Waals surface area contributed by atoms with Crippen LogP contribution in [-0.2, 0) is 14.3 Å². The lowest BCUT2D eigenvalue weighted by Crippen LogP contribution is -2.09. The average molecular weight is 261 g/mol. The van der Waals surface area contributed by atoms with Crippen LogP contribution in [0.2, 0.25) is 0 Å². The van der Waals surface area contributed by atoms with Gasteiger partial charge in [0.2, 0.25) is 0 Å². The summed E-state index contributed by atoms with van der Waals surface area (Å²) in [6.45, 7) is 6.14. The summed E-state index contributed by atoms with van der Waals surface area (Å²) >= 11 is 0. The van der Waals surface area contributed by atoms with Crippen LogP contribution >= 0.6 is 0 Å². The first-order valence-electron chi connectivity index (χ1n) is 6.01. The Morgan fingerprint density at radius 3 is 2.63 bits per heavy atom. The van der Waals surface area contributed by atoms with E-state index >= 15 is 0 Å². The van der Waals surface area contributed by atoms with Gasteiger partial charge >= 0.3 is 5.97 Å². The molecule has 1 unspecified atom stereocenters. The van der Waals surface area contributed by atoms with Crippen molar-refractivity contribution in [1.82, 2.24) is 0 Å². The van der Waals surface area contributed by atoms with Crippen LogP contribution in [0.4, 0.5) is 0 Å². The van der Waals surface area contributed by atoms with Gasteiger partial charge in [-0.05, 0) is 24.8 Å². The summed E-state index contributed by atoms with van der Waals surface area (Å²) in [7, 11) is 0. The second-order valence-electron chi connectivity index (χ2n) is 4.10. The Morgan fingerprint density at radius 2 is 2.16 bits per heavy atom. The van der Waals surface area contributed by atoms with Gasteiger partial charge in [-0.15, -0.1) is 0 Å². The third kappa shape index (κ3) is 7.06. The monoisotopic (exact) mass is 261 g/mol. The SMILES string of the molecule is C=C(C)C(=O)OCC1CO1.NC=Cc1ccccc1. The molecular weight excluding hydrogens is 242 g/mol. The largest absolute Gasteiger partial charge is 0.459 e. The number of hydrogen-bond acceptors (Lipinski definition) is 4. The lowest BCUT2D eigenvalue weighted by atomic mass is 10.2. The Balaban J connectivity index is 0.000000191. The molecule has 4 nitrogen and oxygen atoms in total. The highest BCUT2D eigenvalue weighted by Gasteiger charge is 2.24. The smallest absolute Gasteiger partial charge is 0.333 e. The summed E-state index contributed by atoms with van der Waals surface area (Å²) in [5.41, 5.74) is 6.75. The van der Waals surface area contributed by atoms with E-state index < -0.39 is 0 Å². The van der Waals surface area contributed by atoms with Crippen molar-refractivity contribution in [3.05, 3.63) is 54.2 Å². The minimum Gasteiger partial charge on any atom is -0.459 e. The number of rotatable bonds is 4. The Morgan fingerprint density at radius 1 is 1.53 bits per heavy atom. The fourth-order valence-electron chi connectivity index (χ4n) is 1.13. The maximum Gasteiger partial charge on any atom is 0.333 e. The topological polar surface area (TPSA) is 64.8 Å². The van der Waals surface area contributed by atoms with Gasteiger partial charge in [-0.2, -0.15) is 0 Å². The molecule has 0 spiro atoms.